The minimum absolute atomic E-state index is 0.232. The predicted molar refractivity (Wildman–Crippen MR) is 82.6 cm³/mol. The van der Waals surface area contributed by atoms with E-state index in [4.69, 9.17) is 17.3 Å². The first-order valence-electron chi connectivity index (χ1n) is 6.49. The first kappa shape index (κ1) is 14.8. The maximum atomic E-state index is 13.3. The van der Waals surface area contributed by atoms with E-state index >= 15 is 0 Å². The van der Waals surface area contributed by atoms with Crippen LogP contribution in [0.2, 0.25) is 5.02 Å². The number of halogens is 2. The second kappa shape index (κ2) is 6.25. The Bertz CT molecular complexity index is 539. The molecule has 2 rings (SSSR count). The van der Waals surface area contributed by atoms with E-state index in [1.54, 1.807) is 6.07 Å². The fourth-order valence-electron chi connectivity index (χ4n) is 2.18. The molecule has 0 aromatic heterocycles. The van der Waals surface area contributed by atoms with Crippen LogP contribution in [-0.2, 0) is 6.42 Å². The van der Waals surface area contributed by atoms with E-state index in [1.165, 1.54) is 12.1 Å². The smallest absolute Gasteiger partial charge is 0.123 e. The van der Waals surface area contributed by atoms with Crippen molar-refractivity contribution in [2.45, 2.75) is 18.9 Å². The molecule has 0 spiro atoms. The molecule has 2 aromatic carbocycles. The van der Waals surface area contributed by atoms with Crippen molar-refractivity contribution >= 4 is 17.3 Å². The summed E-state index contributed by atoms with van der Waals surface area (Å²) in [5.74, 6) is -0.232. The topological polar surface area (TPSA) is 38.0 Å². The number of hydrogen-bond acceptors (Lipinski definition) is 2. The van der Waals surface area contributed by atoms with Crippen LogP contribution in [0.3, 0.4) is 0 Å². The predicted octanol–water partition coefficient (Wildman–Crippen LogP) is 3.85. The molecular formula is C16H18ClFN2. The molecule has 0 radical (unpaired) electrons. The summed E-state index contributed by atoms with van der Waals surface area (Å²) in [5, 5.41) is 4.05. The molecule has 0 aliphatic rings. The molecule has 0 amide bonds. The van der Waals surface area contributed by atoms with E-state index in [0.717, 1.165) is 11.3 Å². The van der Waals surface area contributed by atoms with Gasteiger partial charge in [0.2, 0.25) is 0 Å². The molecule has 1 atom stereocenters. The van der Waals surface area contributed by atoms with Gasteiger partial charge in [0.15, 0.2) is 0 Å². The molecule has 20 heavy (non-hydrogen) atoms. The summed E-state index contributed by atoms with van der Waals surface area (Å²) in [6.07, 6.45) is 0.633. The Kier molecular flexibility index (Phi) is 4.63. The summed E-state index contributed by atoms with van der Waals surface area (Å²) in [7, 11) is 0. The lowest BCUT2D eigenvalue weighted by atomic mass is 9.92. The Hall–Kier alpha value is -1.58. The zero-order valence-corrected chi connectivity index (χ0v) is 12.1. The molecule has 0 saturated heterocycles. The lowest BCUT2D eigenvalue weighted by Gasteiger charge is -2.31. The highest BCUT2D eigenvalue weighted by molar-refractivity contribution is 6.30. The van der Waals surface area contributed by atoms with Crippen LogP contribution in [0.5, 0.6) is 0 Å². The van der Waals surface area contributed by atoms with Gasteiger partial charge in [0, 0.05) is 17.3 Å². The van der Waals surface area contributed by atoms with Crippen LogP contribution in [-0.4, -0.2) is 12.1 Å². The Morgan fingerprint density at radius 1 is 1.20 bits per heavy atom. The largest absolute Gasteiger partial charge is 0.378 e. The van der Waals surface area contributed by atoms with Crippen LogP contribution < -0.4 is 11.1 Å². The van der Waals surface area contributed by atoms with Gasteiger partial charge in [-0.15, -0.1) is 0 Å². The average molecular weight is 293 g/mol. The van der Waals surface area contributed by atoms with E-state index in [-0.39, 0.29) is 11.4 Å². The fourth-order valence-corrected chi connectivity index (χ4v) is 2.37. The van der Waals surface area contributed by atoms with Gasteiger partial charge < -0.3 is 11.1 Å². The van der Waals surface area contributed by atoms with Crippen molar-refractivity contribution in [2.24, 2.45) is 5.73 Å². The standard InChI is InChI=1S/C16H18ClFN2/c1-16(11-19,10-12-4-2-6-14(18)8-12)20-15-7-3-5-13(17)9-15/h2-9,20H,10-11,19H2,1H3. The van der Waals surface area contributed by atoms with Crippen LogP contribution >= 0.6 is 11.6 Å². The molecule has 4 heteroatoms. The number of hydrogen-bond donors (Lipinski definition) is 2. The first-order valence-corrected chi connectivity index (χ1v) is 6.87. The van der Waals surface area contributed by atoms with E-state index in [1.807, 2.05) is 37.3 Å². The van der Waals surface area contributed by atoms with Gasteiger partial charge in [-0.3, -0.25) is 0 Å². The average Bonchev–Trinajstić information content (AvgIpc) is 2.38. The zero-order chi connectivity index (χ0) is 14.6. The SMILES string of the molecule is CC(CN)(Cc1cccc(F)c1)Nc1cccc(Cl)c1. The lowest BCUT2D eigenvalue weighted by molar-refractivity contribution is 0.518. The number of benzene rings is 2. The van der Waals surface area contributed by atoms with Gasteiger partial charge >= 0.3 is 0 Å². The van der Waals surface area contributed by atoms with Crippen molar-refractivity contribution in [1.82, 2.24) is 0 Å². The quantitative estimate of drug-likeness (QED) is 0.878. The molecule has 2 aromatic rings. The highest BCUT2D eigenvalue weighted by atomic mass is 35.5. The molecule has 0 aliphatic carbocycles. The molecule has 1 unspecified atom stereocenters. The summed E-state index contributed by atoms with van der Waals surface area (Å²) in [6.45, 7) is 2.44. The normalized spacial score (nSPS) is 13.8. The number of anilines is 1. The van der Waals surface area contributed by atoms with Crippen molar-refractivity contribution in [3.63, 3.8) is 0 Å². The second-order valence-corrected chi connectivity index (χ2v) is 5.64. The van der Waals surface area contributed by atoms with Gasteiger partial charge in [-0.1, -0.05) is 29.8 Å². The van der Waals surface area contributed by atoms with Crippen molar-refractivity contribution in [2.75, 3.05) is 11.9 Å². The highest BCUT2D eigenvalue weighted by Crippen LogP contribution is 2.22. The van der Waals surface area contributed by atoms with Crippen LogP contribution in [0.4, 0.5) is 10.1 Å². The van der Waals surface area contributed by atoms with Crippen LogP contribution in [0.15, 0.2) is 48.5 Å². The monoisotopic (exact) mass is 292 g/mol. The van der Waals surface area contributed by atoms with Crippen molar-refractivity contribution in [3.05, 3.63) is 64.9 Å². The molecule has 2 nitrogen and oxygen atoms in total. The van der Waals surface area contributed by atoms with Crippen LogP contribution in [0, 0.1) is 5.82 Å². The molecule has 106 valence electrons. The van der Waals surface area contributed by atoms with Gasteiger partial charge in [-0.05, 0) is 49.2 Å². The lowest BCUT2D eigenvalue weighted by Crippen LogP contribution is -2.44. The number of nitrogens with one attached hydrogen (secondary N) is 1. The summed E-state index contributed by atoms with van der Waals surface area (Å²) >= 11 is 5.98. The van der Waals surface area contributed by atoms with E-state index in [9.17, 15) is 4.39 Å². The number of rotatable bonds is 5. The van der Waals surface area contributed by atoms with Crippen molar-refractivity contribution < 1.29 is 4.39 Å². The molecule has 3 N–H and O–H groups in total. The summed E-state index contributed by atoms with van der Waals surface area (Å²) in [4.78, 5) is 0. The molecule has 0 bridgehead atoms. The Morgan fingerprint density at radius 3 is 2.60 bits per heavy atom. The van der Waals surface area contributed by atoms with Crippen molar-refractivity contribution in [1.29, 1.82) is 0 Å². The van der Waals surface area contributed by atoms with E-state index in [0.29, 0.717) is 18.0 Å². The summed E-state index contributed by atoms with van der Waals surface area (Å²) in [5.41, 5.74) is 7.34. The Balaban J connectivity index is 2.16. The minimum Gasteiger partial charge on any atom is -0.378 e. The minimum atomic E-state index is -0.363. The van der Waals surface area contributed by atoms with E-state index < -0.39 is 0 Å². The molecule has 0 fully saturated rings. The summed E-state index contributed by atoms with van der Waals surface area (Å²) in [6, 6.07) is 14.1. The Morgan fingerprint density at radius 2 is 1.95 bits per heavy atom. The van der Waals surface area contributed by atoms with Gasteiger partial charge in [0.25, 0.3) is 0 Å². The third-order valence-corrected chi connectivity index (χ3v) is 3.44. The van der Waals surface area contributed by atoms with E-state index in [2.05, 4.69) is 5.32 Å². The fraction of sp³-hybridized carbons (Fsp3) is 0.250. The van der Waals surface area contributed by atoms with Crippen molar-refractivity contribution in [3.8, 4) is 0 Å². The zero-order valence-electron chi connectivity index (χ0n) is 11.4. The molecule has 0 heterocycles. The maximum Gasteiger partial charge on any atom is 0.123 e. The Labute approximate surface area is 123 Å². The number of nitrogens with two attached hydrogens (primary N) is 1. The summed E-state index contributed by atoms with van der Waals surface area (Å²) < 4.78 is 13.3. The maximum absolute atomic E-state index is 13.3. The first-order chi connectivity index (χ1) is 9.50. The highest BCUT2D eigenvalue weighted by Gasteiger charge is 2.23. The van der Waals surface area contributed by atoms with Gasteiger partial charge in [-0.2, -0.15) is 0 Å². The molecular weight excluding hydrogens is 275 g/mol. The van der Waals surface area contributed by atoms with Gasteiger partial charge in [0.1, 0.15) is 5.82 Å². The molecule has 0 saturated carbocycles. The van der Waals surface area contributed by atoms with Gasteiger partial charge in [0.05, 0.1) is 5.54 Å². The second-order valence-electron chi connectivity index (χ2n) is 5.21. The molecule has 0 aliphatic heterocycles. The third kappa shape index (κ3) is 3.95. The third-order valence-electron chi connectivity index (χ3n) is 3.20. The van der Waals surface area contributed by atoms with Crippen LogP contribution in [0.25, 0.3) is 0 Å². The van der Waals surface area contributed by atoms with Gasteiger partial charge in [-0.25, -0.2) is 4.39 Å². The van der Waals surface area contributed by atoms with Crippen LogP contribution in [0.1, 0.15) is 12.5 Å².